The van der Waals surface area contributed by atoms with Crippen molar-refractivity contribution in [2.24, 2.45) is 0 Å². The largest absolute Gasteiger partial charge is 0.491 e. The summed E-state index contributed by atoms with van der Waals surface area (Å²) >= 11 is 5.76. The lowest BCUT2D eigenvalue weighted by atomic mass is 9.79. The van der Waals surface area contributed by atoms with Crippen molar-refractivity contribution in [3.05, 3.63) is 27.4 Å². The van der Waals surface area contributed by atoms with Gasteiger partial charge in [0, 0.05) is 10.6 Å². The predicted molar refractivity (Wildman–Crippen MR) is 93.6 cm³/mol. The quantitative estimate of drug-likeness (QED) is 0.518. The van der Waals surface area contributed by atoms with Crippen LogP contribution in [0.1, 0.15) is 42.2 Å². The van der Waals surface area contributed by atoms with Gasteiger partial charge in [-0.1, -0.05) is 0 Å². The lowest BCUT2D eigenvalue weighted by molar-refractivity contribution is 0.00578. The molecular formula is C15H21BO4S2. The van der Waals surface area contributed by atoms with Gasteiger partial charge in [-0.3, -0.25) is 0 Å². The van der Waals surface area contributed by atoms with Crippen LogP contribution in [-0.2, 0) is 14.0 Å². The van der Waals surface area contributed by atoms with E-state index < -0.39 is 7.12 Å². The fourth-order valence-electron chi connectivity index (χ4n) is 2.01. The van der Waals surface area contributed by atoms with E-state index in [-0.39, 0.29) is 17.2 Å². The molecule has 1 fully saturated rings. The Bertz CT molecular complexity index is 576. The maximum Gasteiger partial charge on any atom is 0.491 e. The minimum Gasteiger partial charge on any atom is -0.465 e. The number of carbonyl (C=O) groups is 1. The maximum atomic E-state index is 11.5. The minimum atomic E-state index is -0.425. The first-order chi connectivity index (χ1) is 10.2. The smallest absolute Gasteiger partial charge is 0.465 e. The highest BCUT2D eigenvalue weighted by Crippen LogP contribution is 2.39. The van der Waals surface area contributed by atoms with E-state index in [4.69, 9.17) is 14.0 Å². The second kappa shape index (κ2) is 6.39. The third-order valence-corrected chi connectivity index (χ3v) is 5.46. The number of hydrogen-bond acceptors (Lipinski definition) is 6. The van der Waals surface area contributed by atoms with Crippen LogP contribution in [-0.4, -0.2) is 37.2 Å². The summed E-state index contributed by atoms with van der Waals surface area (Å²) in [5.74, 6) is 0.190. The lowest BCUT2D eigenvalue weighted by Gasteiger charge is -2.32. The molecule has 1 saturated heterocycles. The van der Waals surface area contributed by atoms with Gasteiger partial charge in [-0.25, -0.2) is 4.79 Å². The number of esters is 1. The van der Waals surface area contributed by atoms with Crippen molar-refractivity contribution >= 4 is 43.1 Å². The highest BCUT2D eigenvalue weighted by Gasteiger charge is 2.52. The Kier molecular flexibility index (Phi) is 5.11. The summed E-state index contributed by atoms with van der Waals surface area (Å²) in [6.45, 7) is 8.07. The molecule has 0 saturated carbocycles. The van der Waals surface area contributed by atoms with Crippen LogP contribution in [0, 0.1) is 0 Å². The molecule has 1 aromatic heterocycles. The zero-order chi connectivity index (χ0) is 16.5. The Balaban J connectivity index is 2.22. The molecule has 4 nitrogen and oxygen atoms in total. The highest BCUT2D eigenvalue weighted by atomic mass is 32.1. The molecule has 2 rings (SSSR count). The van der Waals surface area contributed by atoms with Crippen LogP contribution in [0.15, 0.2) is 17.6 Å². The van der Waals surface area contributed by atoms with Gasteiger partial charge in [0.1, 0.15) is 4.88 Å². The number of thiol groups is 1. The summed E-state index contributed by atoms with van der Waals surface area (Å²) in [5.41, 5.74) is 0.166. The van der Waals surface area contributed by atoms with Crippen LogP contribution >= 0.6 is 24.0 Å². The SMILES string of the molecule is COC(=O)c1ccc(C=C(CS)B2OC(C)(C)C(C)(C)O2)s1. The number of methoxy groups -OCH3 is 1. The van der Waals surface area contributed by atoms with Crippen LogP contribution in [0.2, 0.25) is 0 Å². The summed E-state index contributed by atoms with van der Waals surface area (Å²) in [7, 11) is 0.951. The molecule has 0 spiro atoms. The summed E-state index contributed by atoms with van der Waals surface area (Å²) in [5, 5.41) is 0. The Labute approximate surface area is 141 Å². The molecule has 120 valence electrons. The van der Waals surface area contributed by atoms with Crippen molar-refractivity contribution < 1.29 is 18.8 Å². The number of rotatable bonds is 4. The highest BCUT2D eigenvalue weighted by molar-refractivity contribution is 7.80. The van der Waals surface area contributed by atoms with Crippen LogP contribution in [0.4, 0.5) is 0 Å². The van der Waals surface area contributed by atoms with Gasteiger partial charge >= 0.3 is 13.1 Å². The van der Waals surface area contributed by atoms with Crippen molar-refractivity contribution in [3.63, 3.8) is 0 Å². The molecule has 0 aliphatic carbocycles. The molecule has 7 heteroatoms. The molecule has 22 heavy (non-hydrogen) atoms. The molecule has 1 aliphatic rings. The minimum absolute atomic E-state index is 0.326. The fraction of sp³-hybridized carbons (Fsp3) is 0.533. The second-order valence-electron chi connectivity index (χ2n) is 6.16. The van der Waals surface area contributed by atoms with Gasteiger partial charge in [0.05, 0.1) is 18.3 Å². The van der Waals surface area contributed by atoms with Crippen molar-refractivity contribution in [1.29, 1.82) is 0 Å². The zero-order valence-electron chi connectivity index (χ0n) is 13.5. The van der Waals surface area contributed by atoms with Crippen molar-refractivity contribution in [2.45, 2.75) is 38.9 Å². The molecule has 2 heterocycles. The van der Waals surface area contributed by atoms with Crippen molar-refractivity contribution in [3.8, 4) is 0 Å². The Hall–Kier alpha value is -0.755. The lowest BCUT2D eigenvalue weighted by Crippen LogP contribution is -2.41. The average molecular weight is 340 g/mol. The molecule has 1 aliphatic heterocycles. The van der Waals surface area contributed by atoms with Crippen molar-refractivity contribution in [1.82, 2.24) is 0 Å². The summed E-state index contributed by atoms with van der Waals surface area (Å²) in [6, 6.07) is 3.63. The molecule has 0 atom stereocenters. The van der Waals surface area contributed by atoms with Gasteiger partial charge < -0.3 is 14.0 Å². The van der Waals surface area contributed by atoms with E-state index in [1.807, 2.05) is 39.8 Å². The summed E-state index contributed by atoms with van der Waals surface area (Å²) in [6.07, 6.45) is 1.96. The van der Waals surface area contributed by atoms with Crippen LogP contribution < -0.4 is 0 Å². The van der Waals surface area contributed by atoms with E-state index in [9.17, 15) is 4.79 Å². The average Bonchev–Trinajstić information content (AvgIpc) is 2.98. The number of thiophene rings is 1. The number of hydrogen-bond donors (Lipinski definition) is 1. The molecule has 0 N–H and O–H groups in total. The summed E-state index contributed by atoms with van der Waals surface area (Å²) < 4.78 is 16.8. The molecular weight excluding hydrogens is 319 g/mol. The Morgan fingerprint density at radius 2 is 1.91 bits per heavy atom. The zero-order valence-corrected chi connectivity index (χ0v) is 15.2. The Morgan fingerprint density at radius 3 is 2.41 bits per heavy atom. The molecule has 0 bridgehead atoms. The topological polar surface area (TPSA) is 44.8 Å². The van der Waals surface area contributed by atoms with Crippen LogP contribution in [0.5, 0.6) is 0 Å². The normalized spacial score (nSPS) is 20.3. The third kappa shape index (κ3) is 3.43. The Morgan fingerprint density at radius 1 is 1.32 bits per heavy atom. The number of ether oxygens (including phenoxy) is 1. The third-order valence-electron chi connectivity index (χ3n) is 4.08. The first kappa shape index (κ1) is 17.6. The van der Waals surface area contributed by atoms with E-state index >= 15 is 0 Å². The molecule has 0 amide bonds. The van der Waals surface area contributed by atoms with Gasteiger partial charge in [0.2, 0.25) is 0 Å². The van der Waals surface area contributed by atoms with E-state index in [2.05, 4.69) is 12.6 Å². The molecule has 1 aromatic rings. The van der Waals surface area contributed by atoms with E-state index in [0.29, 0.717) is 10.6 Å². The van der Waals surface area contributed by atoms with E-state index in [1.165, 1.54) is 18.4 Å². The first-order valence-corrected chi connectivity index (χ1v) is 8.50. The maximum absolute atomic E-state index is 11.5. The van der Waals surface area contributed by atoms with Crippen molar-refractivity contribution in [2.75, 3.05) is 12.9 Å². The second-order valence-corrected chi connectivity index (χ2v) is 7.59. The fourth-order valence-corrected chi connectivity index (χ4v) is 3.15. The monoisotopic (exact) mass is 340 g/mol. The van der Waals surface area contributed by atoms with Gasteiger partial charge in [-0.05, 0) is 51.4 Å². The molecule has 0 radical (unpaired) electrons. The number of carbonyl (C=O) groups excluding carboxylic acids is 1. The first-order valence-electron chi connectivity index (χ1n) is 7.05. The van der Waals surface area contributed by atoms with Crippen LogP contribution in [0.25, 0.3) is 6.08 Å². The van der Waals surface area contributed by atoms with Crippen LogP contribution in [0.3, 0.4) is 0 Å². The van der Waals surface area contributed by atoms with Gasteiger partial charge in [-0.15, -0.1) is 11.3 Å². The molecule has 0 aromatic carbocycles. The van der Waals surface area contributed by atoms with Gasteiger partial charge in [0.15, 0.2) is 0 Å². The standard InChI is InChI=1S/C15H21BO4S2/c1-14(2)15(3,4)20-16(19-14)10(9-21)8-11-6-7-12(22-11)13(17)18-5/h6-8,21H,9H2,1-5H3. The summed E-state index contributed by atoms with van der Waals surface area (Å²) in [4.78, 5) is 13.0. The molecule has 0 unspecified atom stereocenters. The van der Waals surface area contributed by atoms with Gasteiger partial charge in [0.25, 0.3) is 0 Å². The van der Waals surface area contributed by atoms with Gasteiger partial charge in [-0.2, -0.15) is 12.6 Å². The predicted octanol–water partition coefficient (Wildman–Crippen LogP) is 3.48. The van der Waals surface area contributed by atoms with E-state index in [1.54, 1.807) is 6.07 Å². The van der Waals surface area contributed by atoms with E-state index in [0.717, 1.165) is 10.3 Å².